The summed E-state index contributed by atoms with van der Waals surface area (Å²) >= 11 is 6.05. The number of benzene rings is 1. The maximum absolute atomic E-state index is 12.8. The highest BCUT2D eigenvalue weighted by Gasteiger charge is 2.36. The van der Waals surface area contributed by atoms with E-state index in [1.165, 1.54) is 22.5 Å². The van der Waals surface area contributed by atoms with Gasteiger partial charge in [-0.2, -0.15) is 9.57 Å². The number of hydrogen-bond donors (Lipinski definition) is 0. The van der Waals surface area contributed by atoms with Gasteiger partial charge in [0.15, 0.2) is 0 Å². The van der Waals surface area contributed by atoms with Crippen LogP contribution in [-0.2, 0) is 14.8 Å². The van der Waals surface area contributed by atoms with Crippen molar-refractivity contribution in [1.29, 1.82) is 5.26 Å². The van der Waals surface area contributed by atoms with Crippen molar-refractivity contribution in [2.45, 2.75) is 37.3 Å². The average molecular weight is 329 g/mol. The molecular formula is C14H17ClN2O3S. The summed E-state index contributed by atoms with van der Waals surface area (Å²) in [6.07, 6.45) is 0.513. The lowest BCUT2D eigenvalue weighted by Gasteiger charge is -2.37. The topological polar surface area (TPSA) is 70.4 Å². The molecule has 1 aromatic carbocycles. The third-order valence-electron chi connectivity index (χ3n) is 3.54. The molecule has 2 rings (SSSR count). The molecule has 21 heavy (non-hydrogen) atoms. The zero-order chi connectivity index (χ0) is 15.6. The normalized spacial score (nSPS) is 23.7. The highest BCUT2D eigenvalue weighted by Crippen LogP contribution is 2.29. The molecule has 7 heteroatoms. The second kappa shape index (κ2) is 6.32. The van der Waals surface area contributed by atoms with Gasteiger partial charge in [0.05, 0.1) is 29.4 Å². The Morgan fingerprint density at radius 3 is 2.81 bits per heavy atom. The Morgan fingerprint density at radius 1 is 1.52 bits per heavy atom. The third-order valence-corrected chi connectivity index (χ3v) is 5.94. The van der Waals surface area contributed by atoms with E-state index >= 15 is 0 Å². The van der Waals surface area contributed by atoms with Gasteiger partial charge in [-0.1, -0.05) is 18.5 Å². The Hall–Kier alpha value is -1.13. The molecule has 0 radical (unpaired) electrons. The Balaban J connectivity index is 2.43. The number of hydrogen-bond acceptors (Lipinski definition) is 4. The summed E-state index contributed by atoms with van der Waals surface area (Å²) < 4.78 is 32.6. The summed E-state index contributed by atoms with van der Waals surface area (Å²) in [5.41, 5.74) is 0.335. The zero-order valence-electron chi connectivity index (χ0n) is 11.9. The minimum absolute atomic E-state index is 0.0377. The summed E-state index contributed by atoms with van der Waals surface area (Å²) in [4.78, 5) is 0.0377. The lowest BCUT2D eigenvalue weighted by atomic mass is 10.2. The molecule has 114 valence electrons. The summed E-state index contributed by atoms with van der Waals surface area (Å²) in [5.74, 6) is 0. The highest BCUT2D eigenvalue weighted by molar-refractivity contribution is 7.89. The van der Waals surface area contributed by atoms with Crippen LogP contribution in [0.15, 0.2) is 23.1 Å². The maximum atomic E-state index is 12.8. The molecule has 0 aromatic heterocycles. The predicted molar refractivity (Wildman–Crippen MR) is 79.6 cm³/mol. The molecule has 0 N–H and O–H groups in total. The summed E-state index contributed by atoms with van der Waals surface area (Å²) in [7, 11) is -3.70. The fraction of sp³-hybridized carbons (Fsp3) is 0.500. The first-order valence-electron chi connectivity index (χ1n) is 6.73. The molecule has 0 aliphatic carbocycles. The molecule has 0 spiro atoms. The van der Waals surface area contributed by atoms with Gasteiger partial charge in [-0.05, 0) is 31.5 Å². The Labute approximate surface area is 130 Å². The average Bonchev–Trinajstić information content (AvgIpc) is 2.46. The molecule has 1 fully saturated rings. The molecule has 0 bridgehead atoms. The number of morpholine rings is 1. The lowest BCUT2D eigenvalue weighted by molar-refractivity contribution is -0.0230. The number of ether oxygens (including phenoxy) is 1. The van der Waals surface area contributed by atoms with Gasteiger partial charge in [-0.25, -0.2) is 8.42 Å². The van der Waals surface area contributed by atoms with E-state index < -0.39 is 10.0 Å². The smallest absolute Gasteiger partial charge is 0.244 e. The van der Waals surface area contributed by atoms with E-state index in [1.54, 1.807) is 0 Å². The van der Waals surface area contributed by atoms with Crippen molar-refractivity contribution in [3.63, 3.8) is 0 Å². The van der Waals surface area contributed by atoms with Gasteiger partial charge in [0.2, 0.25) is 10.0 Å². The van der Waals surface area contributed by atoms with Gasteiger partial charge in [0.25, 0.3) is 0 Å². The minimum Gasteiger partial charge on any atom is -0.375 e. The largest absolute Gasteiger partial charge is 0.375 e. The highest BCUT2D eigenvalue weighted by atomic mass is 35.5. The van der Waals surface area contributed by atoms with Gasteiger partial charge < -0.3 is 4.74 Å². The summed E-state index contributed by atoms with van der Waals surface area (Å²) in [5, 5.41) is 8.91. The predicted octanol–water partition coefficient (Wildman–Crippen LogP) is 2.40. The van der Waals surface area contributed by atoms with Crippen molar-refractivity contribution in [3.8, 4) is 6.07 Å². The van der Waals surface area contributed by atoms with E-state index in [4.69, 9.17) is 21.6 Å². The second-order valence-corrected chi connectivity index (χ2v) is 7.30. The van der Waals surface area contributed by atoms with Gasteiger partial charge >= 0.3 is 0 Å². The summed E-state index contributed by atoms with van der Waals surface area (Å²) in [6, 6.07) is 5.97. The van der Waals surface area contributed by atoms with Crippen LogP contribution in [0.4, 0.5) is 0 Å². The van der Waals surface area contributed by atoms with Crippen LogP contribution >= 0.6 is 11.6 Å². The van der Waals surface area contributed by atoms with Crippen molar-refractivity contribution in [2.24, 2.45) is 0 Å². The first-order chi connectivity index (χ1) is 9.90. The van der Waals surface area contributed by atoms with Gasteiger partial charge in [0, 0.05) is 12.6 Å². The third kappa shape index (κ3) is 3.22. The van der Waals surface area contributed by atoms with Crippen LogP contribution in [0.5, 0.6) is 0 Å². The van der Waals surface area contributed by atoms with Crippen molar-refractivity contribution in [2.75, 3.05) is 13.2 Å². The van der Waals surface area contributed by atoms with Crippen molar-refractivity contribution < 1.29 is 13.2 Å². The quantitative estimate of drug-likeness (QED) is 0.854. The molecule has 0 saturated carbocycles. The molecule has 0 amide bonds. The molecule has 1 saturated heterocycles. The molecular weight excluding hydrogens is 312 g/mol. The number of nitrogens with zero attached hydrogens (tertiary/aromatic N) is 2. The fourth-order valence-corrected chi connectivity index (χ4v) is 4.62. The molecule has 1 heterocycles. The van der Waals surface area contributed by atoms with Crippen LogP contribution in [0, 0.1) is 11.3 Å². The SMILES string of the molecule is CCC1COC(C)CN1S(=O)(=O)c1ccc(C#N)cc1Cl. The first kappa shape index (κ1) is 16.2. The van der Waals surface area contributed by atoms with Gasteiger partial charge in [-0.15, -0.1) is 0 Å². The monoisotopic (exact) mass is 328 g/mol. The van der Waals surface area contributed by atoms with E-state index in [9.17, 15) is 8.42 Å². The van der Waals surface area contributed by atoms with E-state index in [0.29, 0.717) is 25.1 Å². The number of sulfonamides is 1. The van der Waals surface area contributed by atoms with E-state index in [0.717, 1.165) is 0 Å². The van der Waals surface area contributed by atoms with Crippen LogP contribution < -0.4 is 0 Å². The van der Waals surface area contributed by atoms with Crippen LogP contribution in [0.1, 0.15) is 25.8 Å². The molecule has 2 unspecified atom stereocenters. The fourth-order valence-electron chi connectivity index (χ4n) is 2.34. The molecule has 1 aliphatic heterocycles. The summed E-state index contributed by atoms with van der Waals surface area (Å²) in [6.45, 7) is 4.45. The molecule has 5 nitrogen and oxygen atoms in total. The van der Waals surface area contributed by atoms with E-state index in [2.05, 4.69) is 0 Å². The van der Waals surface area contributed by atoms with Crippen molar-refractivity contribution in [1.82, 2.24) is 4.31 Å². The van der Waals surface area contributed by atoms with Gasteiger partial charge in [0.1, 0.15) is 4.90 Å². The second-order valence-electron chi connectivity index (χ2n) is 5.04. The van der Waals surface area contributed by atoms with Crippen molar-refractivity contribution >= 4 is 21.6 Å². The Morgan fingerprint density at radius 2 is 2.24 bits per heavy atom. The molecule has 1 aromatic rings. The minimum atomic E-state index is -3.70. The van der Waals surface area contributed by atoms with Crippen LogP contribution in [0.3, 0.4) is 0 Å². The molecule has 2 atom stereocenters. The lowest BCUT2D eigenvalue weighted by Crippen LogP contribution is -2.51. The standard InChI is InChI=1S/C14H17ClN2O3S/c1-3-12-9-20-10(2)8-17(12)21(18,19)14-5-4-11(7-16)6-13(14)15/h4-6,10,12H,3,8-9H2,1-2H3. The van der Waals surface area contributed by atoms with Gasteiger partial charge in [-0.3, -0.25) is 0 Å². The van der Waals surface area contributed by atoms with E-state index in [-0.39, 0.29) is 22.1 Å². The number of nitriles is 1. The van der Waals surface area contributed by atoms with Crippen LogP contribution in [0.2, 0.25) is 5.02 Å². The van der Waals surface area contributed by atoms with Crippen molar-refractivity contribution in [3.05, 3.63) is 28.8 Å². The Kier molecular flexibility index (Phi) is 4.89. The van der Waals surface area contributed by atoms with Crippen LogP contribution in [0.25, 0.3) is 0 Å². The van der Waals surface area contributed by atoms with Crippen LogP contribution in [-0.4, -0.2) is 38.0 Å². The number of rotatable bonds is 3. The molecule has 1 aliphatic rings. The maximum Gasteiger partial charge on any atom is 0.244 e. The van der Waals surface area contributed by atoms with E-state index in [1.807, 2.05) is 19.9 Å². The first-order valence-corrected chi connectivity index (χ1v) is 8.55. The Bertz CT molecular complexity index is 669. The number of halogens is 1. The zero-order valence-corrected chi connectivity index (χ0v) is 13.5.